The van der Waals surface area contributed by atoms with E-state index in [-0.39, 0.29) is 16.1 Å². The average molecular weight is 382 g/mol. The molecular weight excluding hydrogens is 369 g/mol. The van der Waals surface area contributed by atoms with Gasteiger partial charge in [0.05, 0.1) is 10.6 Å². The summed E-state index contributed by atoms with van der Waals surface area (Å²) in [5, 5.41) is 1.68. The Bertz CT molecular complexity index is 964. The van der Waals surface area contributed by atoms with Crippen molar-refractivity contribution in [2.45, 2.75) is 11.1 Å². The van der Waals surface area contributed by atoms with Crippen molar-refractivity contribution in [1.29, 1.82) is 0 Å². The number of nitrogens with one attached hydrogen (secondary N) is 2. The molecule has 0 aliphatic heterocycles. The highest BCUT2D eigenvalue weighted by Crippen LogP contribution is 2.18. The van der Waals surface area contributed by atoms with Crippen LogP contribution in [-0.4, -0.2) is 27.0 Å². The standard InChI is InChI=1S/C17H13F3N2O3S/c1-2-12-5-3-7-14(9-12)22-26(24,25)15-8-4-6-13(10-15)16(23)21-11-17(18,19)20/h1,3-10,22H,11H2,(H,21,23). The first-order valence-corrected chi connectivity index (χ1v) is 8.63. The molecule has 0 fully saturated rings. The second-order valence-corrected chi connectivity index (χ2v) is 6.84. The van der Waals surface area contributed by atoms with E-state index in [9.17, 15) is 26.4 Å². The van der Waals surface area contributed by atoms with Gasteiger partial charge in [-0.05, 0) is 36.4 Å². The van der Waals surface area contributed by atoms with E-state index in [4.69, 9.17) is 6.42 Å². The first kappa shape index (κ1) is 19.3. The number of halogens is 3. The molecular formula is C17H13F3N2O3S. The first-order valence-electron chi connectivity index (χ1n) is 7.15. The van der Waals surface area contributed by atoms with Gasteiger partial charge in [-0.15, -0.1) is 6.42 Å². The van der Waals surface area contributed by atoms with Crippen LogP contribution in [0.25, 0.3) is 0 Å². The van der Waals surface area contributed by atoms with Crippen LogP contribution in [0.1, 0.15) is 15.9 Å². The van der Waals surface area contributed by atoms with Gasteiger partial charge in [0.1, 0.15) is 6.54 Å². The van der Waals surface area contributed by atoms with E-state index in [1.807, 2.05) is 0 Å². The van der Waals surface area contributed by atoms with Gasteiger partial charge >= 0.3 is 6.18 Å². The molecule has 0 aliphatic carbocycles. The third kappa shape index (κ3) is 5.26. The number of hydrogen-bond donors (Lipinski definition) is 2. The molecule has 0 saturated carbocycles. The highest BCUT2D eigenvalue weighted by molar-refractivity contribution is 7.92. The van der Waals surface area contributed by atoms with Gasteiger partial charge in [0.25, 0.3) is 15.9 Å². The van der Waals surface area contributed by atoms with Crippen molar-refractivity contribution < 1.29 is 26.4 Å². The summed E-state index contributed by atoms with van der Waals surface area (Å²) in [7, 11) is -4.06. The Kier molecular flexibility index (Phi) is 5.57. The molecule has 1 amide bonds. The van der Waals surface area contributed by atoms with Gasteiger partial charge in [-0.2, -0.15) is 13.2 Å². The number of benzene rings is 2. The summed E-state index contributed by atoms with van der Waals surface area (Å²) in [5.74, 6) is 1.33. The predicted molar refractivity (Wildman–Crippen MR) is 90.0 cm³/mol. The number of hydrogen-bond acceptors (Lipinski definition) is 3. The van der Waals surface area contributed by atoms with Crippen molar-refractivity contribution in [3.05, 3.63) is 59.7 Å². The second kappa shape index (κ2) is 7.49. The fraction of sp³-hybridized carbons (Fsp3) is 0.118. The van der Waals surface area contributed by atoms with Crippen LogP contribution in [0.3, 0.4) is 0 Å². The van der Waals surface area contributed by atoms with Gasteiger partial charge < -0.3 is 5.32 Å². The highest BCUT2D eigenvalue weighted by atomic mass is 32.2. The maximum Gasteiger partial charge on any atom is 0.405 e. The van der Waals surface area contributed by atoms with Gasteiger partial charge in [0.2, 0.25) is 0 Å². The van der Waals surface area contributed by atoms with Crippen molar-refractivity contribution in [2.75, 3.05) is 11.3 Å². The number of rotatable bonds is 5. The largest absolute Gasteiger partial charge is 0.405 e. The van der Waals surface area contributed by atoms with Crippen molar-refractivity contribution in [1.82, 2.24) is 5.32 Å². The Morgan fingerprint density at radius 1 is 1.12 bits per heavy atom. The summed E-state index contributed by atoms with van der Waals surface area (Å²) in [6.07, 6.45) is 0.688. The Morgan fingerprint density at radius 2 is 1.81 bits per heavy atom. The third-order valence-electron chi connectivity index (χ3n) is 3.14. The van der Waals surface area contributed by atoms with E-state index in [1.54, 1.807) is 17.4 Å². The number of terminal acetylenes is 1. The van der Waals surface area contributed by atoms with E-state index in [0.717, 1.165) is 6.07 Å². The molecule has 136 valence electrons. The normalized spacial score (nSPS) is 11.5. The van der Waals surface area contributed by atoms with Crippen LogP contribution in [0.5, 0.6) is 0 Å². The summed E-state index contributed by atoms with van der Waals surface area (Å²) in [6.45, 7) is -1.51. The Morgan fingerprint density at radius 3 is 2.46 bits per heavy atom. The summed E-state index contributed by atoms with van der Waals surface area (Å²) in [6, 6.07) is 10.8. The predicted octanol–water partition coefficient (Wildman–Crippen LogP) is 2.76. The van der Waals surface area contributed by atoms with Gasteiger partial charge in [0.15, 0.2) is 0 Å². The van der Waals surface area contributed by atoms with Crippen LogP contribution in [-0.2, 0) is 10.0 Å². The Hall–Kier alpha value is -2.99. The number of carbonyl (C=O) groups excluding carboxylic acids is 1. The number of sulfonamides is 1. The fourth-order valence-electron chi connectivity index (χ4n) is 1.97. The number of amides is 1. The summed E-state index contributed by atoms with van der Waals surface area (Å²) in [4.78, 5) is 11.5. The molecule has 2 aromatic rings. The molecule has 0 atom stereocenters. The topological polar surface area (TPSA) is 75.3 Å². The fourth-order valence-corrected chi connectivity index (χ4v) is 3.07. The van der Waals surface area contributed by atoms with Crippen molar-refractivity contribution >= 4 is 21.6 Å². The van der Waals surface area contributed by atoms with Crippen molar-refractivity contribution in [3.8, 4) is 12.3 Å². The lowest BCUT2D eigenvalue weighted by atomic mass is 10.2. The van der Waals surface area contributed by atoms with Crippen LogP contribution >= 0.6 is 0 Å². The Labute approximate surface area is 148 Å². The quantitative estimate of drug-likeness (QED) is 0.781. The van der Waals surface area contributed by atoms with Crippen LogP contribution in [0.2, 0.25) is 0 Å². The molecule has 2 rings (SSSR count). The molecule has 2 aromatic carbocycles. The Balaban J connectivity index is 2.22. The maximum absolute atomic E-state index is 12.4. The molecule has 0 heterocycles. The monoisotopic (exact) mass is 382 g/mol. The highest BCUT2D eigenvalue weighted by Gasteiger charge is 2.28. The molecule has 0 aromatic heterocycles. The van der Waals surface area contributed by atoms with E-state index < -0.39 is 28.7 Å². The minimum absolute atomic E-state index is 0.213. The van der Waals surface area contributed by atoms with Gasteiger partial charge in [-0.25, -0.2) is 8.42 Å². The van der Waals surface area contributed by atoms with E-state index in [0.29, 0.717) is 5.56 Å². The molecule has 0 radical (unpaired) electrons. The van der Waals surface area contributed by atoms with Crippen molar-refractivity contribution in [2.24, 2.45) is 0 Å². The molecule has 5 nitrogen and oxygen atoms in total. The zero-order valence-electron chi connectivity index (χ0n) is 13.2. The summed E-state index contributed by atoms with van der Waals surface area (Å²) >= 11 is 0. The summed E-state index contributed by atoms with van der Waals surface area (Å²) < 4.78 is 63.6. The lowest BCUT2D eigenvalue weighted by molar-refractivity contribution is -0.123. The second-order valence-electron chi connectivity index (χ2n) is 5.16. The number of carbonyl (C=O) groups is 1. The molecule has 0 saturated heterocycles. The zero-order valence-corrected chi connectivity index (χ0v) is 14.0. The summed E-state index contributed by atoms with van der Waals surface area (Å²) in [5.41, 5.74) is 0.465. The molecule has 0 bridgehead atoms. The van der Waals surface area contributed by atoms with Crippen molar-refractivity contribution in [3.63, 3.8) is 0 Å². The molecule has 0 spiro atoms. The van der Waals surface area contributed by atoms with Crippen LogP contribution in [0.15, 0.2) is 53.4 Å². The van der Waals surface area contributed by atoms with E-state index in [1.165, 1.54) is 30.3 Å². The molecule has 0 unspecified atom stereocenters. The molecule has 26 heavy (non-hydrogen) atoms. The number of anilines is 1. The molecule has 0 aliphatic rings. The van der Waals surface area contributed by atoms with E-state index >= 15 is 0 Å². The maximum atomic E-state index is 12.4. The minimum Gasteiger partial charge on any atom is -0.343 e. The zero-order chi connectivity index (χ0) is 19.4. The van der Waals surface area contributed by atoms with Crippen LogP contribution in [0, 0.1) is 12.3 Å². The number of alkyl halides is 3. The minimum atomic E-state index is -4.57. The van der Waals surface area contributed by atoms with Gasteiger partial charge in [0, 0.05) is 11.1 Å². The van der Waals surface area contributed by atoms with Gasteiger partial charge in [-0.3, -0.25) is 9.52 Å². The lowest BCUT2D eigenvalue weighted by Gasteiger charge is -2.11. The van der Waals surface area contributed by atoms with Crippen LogP contribution in [0.4, 0.5) is 18.9 Å². The van der Waals surface area contributed by atoms with Crippen LogP contribution < -0.4 is 10.0 Å². The molecule has 2 N–H and O–H groups in total. The molecule has 9 heteroatoms. The van der Waals surface area contributed by atoms with E-state index in [2.05, 4.69) is 10.6 Å². The van der Waals surface area contributed by atoms with Gasteiger partial charge in [-0.1, -0.05) is 18.1 Å². The average Bonchev–Trinajstić information content (AvgIpc) is 2.59. The third-order valence-corrected chi connectivity index (χ3v) is 4.52. The SMILES string of the molecule is C#Cc1cccc(NS(=O)(=O)c2cccc(C(=O)NCC(F)(F)F)c2)c1. The first-order chi connectivity index (χ1) is 12.1. The lowest BCUT2D eigenvalue weighted by Crippen LogP contribution is -2.33. The smallest absolute Gasteiger partial charge is 0.343 e.